The molecule has 0 atom stereocenters. The van der Waals surface area contributed by atoms with E-state index in [0.29, 0.717) is 25.6 Å². The van der Waals surface area contributed by atoms with Crippen LogP contribution in [0.25, 0.3) is 0 Å². The van der Waals surface area contributed by atoms with Gasteiger partial charge < -0.3 is 19.6 Å². The molecule has 1 fully saturated rings. The lowest BCUT2D eigenvalue weighted by Crippen LogP contribution is -2.52. The van der Waals surface area contributed by atoms with Gasteiger partial charge >= 0.3 is 6.03 Å². The molecule has 0 aromatic carbocycles. The van der Waals surface area contributed by atoms with E-state index in [1.54, 1.807) is 23.4 Å². The maximum atomic E-state index is 12.1. The number of aromatic nitrogens is 3. The molecule has 2 aromatic rings. The number of hydrogen-bond donors (Lipinski definition) is 1. The van der Waals surface area contributed by atoms with Crippen LogP contribution in [0.1, 0.15) is 11.5 Å². The molecular weight excluding hydrogens is 284 g/mol. The molecule has 3 heterocycles. The molecule has 3 rings (SSSR count). The second-order valence-electron chi connectivity index (χ2n) is 5.11. The van der Waals surface area contributed by atoms with Crippen molar-refractivity contribution in [2.24, 2.45) is 0 Å². The van der Waals surface area contributed by atoms with Crippen molar-refractivity contribution in [3.8, 4) is 0 Å². The van der Waals surface area contributed by atoms with Crippen LogP contribution in [0, 0.1) is 6.92 Å². The zero-order valence-electron chi connectivity index (χ0n) is 12.4. The molecule has 116 valence electrons. The summed E-state index contributed by atoms with van der Waals surface area (Å²) in [6, 6.07) is 3.51. The molecule has 0 spiro atoms. The first-order valence-electron chi connectivity index (χ1n) is 7.19. The van der Waals surface area contributed by atoms with Gasteiger partial charge in [-0.2, -0.15) is 0 Å². The summed E-state index contributed by atoms with van der Waals surface area (Å²) in [4.78, 5) is 24.4. The van der Waals surface area contributed by atoms with Gasteiger partial charge in [0.05, 0.1) is 6.54 Å². The van der Waals surface area contributed by atoms with Crippen LogP contribution < -0.4 is 10.2 Å². The van der Waals surface area contributed by atoms with Crippen LogP contribution in [0.15, 0.2) is 29.0 Å². The van der Waals surface area contributed by atoms with Crippen LogP contribution in [0.5, 0.6) is 0 Å². The third-order valence-electron chi connectivity index (χ3n) is 3.50. The minimum absolute atomic E-state index is 0.0886. The Morgan fingerprint density at radius 2 is 2.00 bits per heavy atom. The summed E-state index contributed by atoms with van der Waals surface area (Å²) in [5.41, 5.74) is 0.724. The number of rotatable bonds is 3. The monoisotopic (exact) mass is 302 g/mol. The number of nitrogens with one attached hydrogen (secondary N) is 1. The third-order valence-corrected chi connectivity index (χ3v) is 3.50. The van der Waals surface area contributed by atoms with Crippen LogP contribution in [-0.2, 0) is 6.54 Å². The predicted octanol–water partition coefficient (Wildman–Crippen LogP) is 0.805. The Morgan fingerprint density at radius 3 is 2.64 bits per heavy atom. The van der Waals surface area contributed by atoms with E-state index in [0.717, 1.165) is 24.5 Å². The largest absolute Gasteiger partial charge is 0.361 e. The predicted molar refractivity (Wildman–Crippen MR) is 79.3 cm³/mol. The van der Waals surface area contributed by atoms with Gasteiger partial charge in [0, 0.05) is 44.6 Å². The summed E-state index contributed by atoms with van der Waals surface area (Å²) in [6.07, 6.45) is 3.45. The van der Waals surface area contributed by atoms with E-state index in [1.165, 1.54) is 0 Å². The maximum absolute atomic E-state index is 12.1. The van der Waals surface area contributed by atoms with Crippen molar-refractivity contribution in [2.45, 2.75) is 13.5 Å². The number of carbonyl (C=O) groups is 1. The highest BCUT2D eigenvalue weighted by Gasteiger charge is 2.22. The topological polar surface area (TPSA) is 87.4 Å². The van der Waals surface area contributed by atoms with Crippen molar-refractivity contribution in [1.29, 1.82) is 0 Å². The van der Waals surface area contributed by atoms with Gasteiger partial charge in [0.25, 0.3) is 0 Å². The molecule has 0 saturated carbocycles. The molecule has 2 amide bonds. The van der Waals surface area contributed by atoms with E-state index in [2.05, 4.69) is 25.3 Å². The number of carbonyl (C=O) groups excluding carboxylic acids is 1. The van der Waals surface area contributed by atoms with Crippen molar-refractivity contribution < 1.29 is 9.32 Å². The fourth-order valence-electron chi connectivity index (χ4n) is 2.34. The molecule has 1 aliphatic heterocycles. The average molecular weight is 302 g/mol. The molecule has 1 aliphatic rings. The Bertz CT molecular complexity index is 621. The Hall–Kier alpha value is -2.64. The van der Waals surface area contributed by atoms with Gasteiger partial charge in [0.2, 0.25) is 5.95 Å². The van der Waals surface area contributed by atoms with Crippen LogP contribution in [0.3, 0.4) is 0 Å². The molecular formula is C14H18N6O2. The smallest absolute Gasteiger partial charge is 0.317 e. The fraction of sp³-hybridized carbons (Fsp3) is 0.429. The van der Waals surface area contributed by atoms with E-state index < -0.39 is 0 Å². The number of urea groups is 1. The van der Waals surface area contributed by atoms with E-state index in [-0.39, 0.29) is 6.03 Å². The summed E-state index contributed by atoms with van der Waals surface area (Å²) >= 11 is 0. The number of anilines is 1. The van der Waals surface area contributed by atoms with Gasteiger partial charge in [-0.3, -0.25) is 0 Å². The fourth-order valence-corrected chi connectivity index (χ4v) is 2.34. The van der Waals surface area contributed by atoms with Crippen LogP contribution in [-0.4, -0.2) is 52.2 Å². The SMILES string of the molecule is Cc1cc(CNC(=O)N2CCN(c3ncccn3)CC2)no1. The quantitative estimate of drug-likeness (QED) is 0.902. The highest BCUT2D eigenvalue weighted by atomic mass is 16.5. The molecule has 22 heavy (non-hydrogen) atoms. The summed E-state index contributed by atoms with van der Waals surface area (Å²) in [7, 11) is 0. The number of piperazine rings is 1. The number of amides is 2. The van der Waals surface area contributed by atoms with E-state index in [9.17, 15) is 4.79 Å². The number of aryl methyl sites for hydroxylation is 1. The molecule has 0 radical (unpaired) electrons. The summed E-state index contributed by atoms with van der Waals surface area (Å²) in [5, 5.41) is 6.70. The van der Waals surface area contributed by atoms with Gasteiger partial charge in [0.1, 0.15) is 11.5 Å². The molecule has 0 unspecified atom stereocenters. The first-order chi connectivity index (χ1) is 10.7. The van der Waals surface area contributed by atoms with Gasteiger partial charge in [-0.15, -0.1) is 0 Å². The first kappa shape index (κ1) is 14.3. The van der Waals surface area contributed by atoms with Crippen LogP contribution in [0.2, 0.25) is 0 Å². The van der Waals surface area contributed by atoms with Gasteiger partial charge in [-0.05, 0) is 13.0 Å². The van der Waals surface area contributed by atoms with Crippen LogP contribution >= 0.6 is 0 Å². The van der Waals surface area contributed by atoms with Gasteiger partial charge in [0.15, 0.2) is 0 Å². The zero-order chi connectivity index (χ0) is 15.4. The van der Waals surface area contributed by atoms with Gasteiger partial charge in [-0.1, -0.05) is 5.16 Å². The van der Waals surface area contributed by atoms with Crippen molar-refractivity contribution >= 4 is 12.0 Å². The maximum Gasteiger partial charge on any atom is 0.317 e. The average Bonchev–Trinajstić information content (AvgIpc) is 2.99. The van der Waals surface area contributed by atoms with E-state index >= 15 is 0 Å². The van der Waals surface area contributed by atoms with Gasteiger partial charge in [-0.25, -0.2) is 14.8 Å². The molecule has 8 heteroatoms. The van der Waals surface area contributed by atoms with Crippen LogP contribution in [0.4, 0.5) is 10.7 Å². The molecule has 1 N–H and O–H groups in total. The Morgan fingerprint density at radius 1 is 1.27 bits per heavy atom. The third kappa shape index (κ3) is 3.33. The highest BCUT2D eigenvalue weighted by molar-refractivity contribution is 5.74. The standard InChI is InChI=1S/C14H18N6O2/c1-11-9-12(18-22-11)10-17-14(21)20-7-5-19(6-8-20)13-15-3-2-4-16-13/h2-4,9H,5-8,10H2,1H3,(H,17,21). The lowest BCUT2D eigenvalue weighted by atomic mass is 10.3. The molecule has 0 bridgehead atoms. The lowest BCUT2D eigenvalue weighted by Gasteiger charge is -2.34. The van der Waals surface area contributed by atoms with Crippen molar-refractivity contribution in [1.82, 2.24) is 25.3 Å². The van der Waals surface area contributed by atoms with Crippen molar-refractivity contribution in [3.05, 3.63) is 36.0 Å². The molecule has 1 saturated heterocycles. The minimum atomic E-state index is -0.0886. The first-order valence-corrected chi connectivity index (χ1v) is 7.19. The lowest BCUT2D eigenvalue weighted by molar-refractivity contribution is 0.193. The van der Waals surface area contributed by atoms with E-state index in [4.69, 9.17) is 4.52 Å². The Kier molecular flexibility index (Phi) is 4.17. The summed E-state index contributed by atoms with van der Waals surface area (Å²) < 4.78 is 4.97. The number of nitrogens with zero attached hydrogens (tertiary/aromatic N) is 5. The highest BCUT2D eigenvalue weighted by Crippen LogP contribution is 2.10. The van der Waals surface area contributed by atoms with Crippen molar-refractivity contribution in [3.63, 3.8) is 0 Å². The Labute approximate surface area is 128 Å². The normalized spacial score (nSPS) is 15.0. The van der Waals surface area contributed by atoms with E-state index in [1.807, 2.05) is 13.0 Å². The summed E-state index contributed by atoms with van der Waals surface area (Å²) in [5.74, 6) is 1.45. The molecule has 2 aromatic heterocycles. The molecule has 8 nitrogen and oxygen atoms in total. The minimum Gasteiger partial charge on any atom is -0.361 e. The Balaban J connectivity index is 1.47. The second-order valence-corrected chi connectivity index (χ2v) is 5.11. The number of hydrogen-bond acceptors (Lipinski definition) is 6. The molecule has 0 aliphatic carbocycles. The van der Waals surface area contributed by atoms with Crippen molar-refractivity contribution in [2.75, 3.05) is 31.1 Å². The summed E-state index contributed by atoms with van der Waals surface area (Å²) in [6.45, 7) is 4.92. The second kappa shape index (κ2) is 6.42. The zero-order valence-corrected chi connectivity index (χ0v) is 12.4.